The Kier molecular flexibility index (Phi) is 5.73. The maximum Gasteiger partial charge on any atom is 0.289 e. The molecule has 2 amide bonds. The Morgan fingerprint density at radius 1 is 1.08 bits per heavy atom. The molecule has 0 unspecified atom stereocenters. The Labute approximate surface area is 153 Å². The number of nitrogens with zero attached hydrogens (tertiary/aromatic N) is 2. The fourth-order valence-corrected chi connectivity index (χ4v) is 3.16. The standard InChI is InChI=1S/C20H25N3O3/c1-3-16-6-4-5-7-17(16)21-19(24)14-22-10-12-23(13-11-22)20(25)18-9-8-15(2)26-18/h4-9H,3,10-14H2,1-2H3,(H,21,24). The maximum absolute atomic E-state index is 12.4. The second-order valence-corrected chi connectivity index (χ2v) is 6.54. The fourth-order valence-electron chi connectivity index (χ4n) is 3.16. The third-order valence-electron chi connectivity index (χ3n) is 4.65. The van der Waals surface area contributed by atoms with E-state index in [-0.39, 0.29) is 11.8 Å². The highest BCUT2D eigenvalue weighted by Crippen LogP contribution is 2.16. The number of rotatable bonds is 5. The van der Waals surface area contributed by atoms with Crippen LogP contribution >= 0.6 is 0 Å². The number of aryl methyl sites for hydroxylation is 2. The predicted octanol–water partition coefficient (Wildman–Crippen LogP) is 2.55. The van der Waals surface area contributed by atoms with Gasteiger partial charge < -0.3 is 14.6 Å². The van der Waals surface area contributed by atoms with E-state index in [4.69, 9.17) is 4.42 Å². The SMILES string of the molecule is CCc1ccccc1NC(=O)CN1CCN(C(=O)c2ccc(C)o2)CC1. The van der Waals surface area contributed by atoms with Crippen LogP contribution in [0.2, 0.25) is 0 Å². The highest BCUT2D eigenvalue weighted by atomic mass is 16.3. The molecule has 1 N–H and O–H groups in total. The summed E-state index contributed by atoms with van der Waals surface area (Å²) in [6.07, 6.45) is 0.878. The molecule has 1 aliphatic rings. The number of amides is 2. The lowest BCUT2D eigenvalue weighted by atomic mass is 10.1. The number of hydrogen-bond donors (Lipinski definition) is 1. The number of carbonyl (C=O) groups excluding carboxylic acids is 2. The lowest BCUT2D eigenvalue weighted by Crippen LogP contribution is -2.50. The molecule has 0 saturated carbocycles. The van der Waals surface area contributed by atoms with Crippen LogP contribution < -0.4 is 5.32 Å². The van der Waals surface area contributed by atoms with Crippen molar-refractivity contribution < 1.29 is 14.0 Å². The van der Waals surface area contributed by atoms with E-state index in [0.29, 0.717) is 38.5 Å². The van der Waals surface area contributed by atoms with Crippen molar-refractivity contribution in [3.8, 4) is 0 Å². The molecule has 1 aromatic carbocycles. The van der Waals surface area contributed by atoms with E-state index in [1.807, 2.05) is 31.2 Å². The quantitative estimate of drug-likeness (QED) is 0.895. The number of furan rings is 1. The summed E-state index contributed by atoms with van der Waals surface area (Å²) >= 11 is 0. The molecule has 3 rings (SSSR count). The summed E-state index contributed by atoms with van der Waals surface area (Å²) in [6, 6.07) is 11.4. The average Bonchev–Trinajstić information content (AvgIpc) is 3.08. The first-order valence-corrected chi connectivity index (χ1v) is 9.02. The van der Waals surface area contributed by atoms with Crippen LogP contribution in [-0.4, -0.2) is 54.3 Å². The molecule has 0 spiro atoms. The van der Waals surface area contributed by atoms with E-state index in [2.05, 4.69) is 17.1 Å². The van der Waals surface area contributed by atoms with E-state index in [0.717, 1.165) is 23.4 Å². The Hall–Kier alpha value is -2.60. The Morgan fingerprint density at radius 3 is 2.46 bits per heavy atom. The van der Waals surface area contributed by atoms with Crippen LogP contribution in [0.15, 0.2) is 40.8 Å². The van der Waals surface area contributed by atoms with Gasteiger partial charge in [0.1, 0.15) is 5.76 Å². The molecular weight excluding hydrogens is 330 g/mol. The molecule has 1 aromatic heterocycles. The van der Waals surface area contributed by atoms with Crippen molar-refractivity contribution in [2.45, 2.75) is 20.3 Å². The minimum atomic E-state index is -0.0842. The molecule has 0 bridgehead atoms. The Balaban J connectivity index is 1.49. The molecule has 6 heteroatoms. The van der Waals surface area contributed by atoms with Gasteiger partial charge >= 0.3 is 0 Å². The number of hydrogen-bond acceptors (Lipinski definition) is 4. The topological polar surface area (TPSA) is 65.8 Å². The van der Waals surface area contributed by atoms with Crippen molar-refractivity contribution >= 4 is 17.5 Å². The zero-order valence-corrected chi connectivity index (χ0v) is 15.3. The second-order valence-electron chi connectivity index (χ2n) is 6.54. The van der Waals surface area contributed by atoms with Crippen molar-refractivity contribution in [3.63, 3.8) is 0 Å². The normalized spacial score (nSPS) is 15.1. The molecule has 138 valence electrons. The van der Waals surface area contributed by atoms with Gasteiger partial charge in [0.05, 0.1) is 6.54 Å². The number of benzene rings is 1. The molecule has 2 heterocycles. The summed E-state index contributed by atoms with van der Waals surface area (Å²) in [6.45, 7) is 6.77. The van der Waals surface area contributed by atoms with Gasteiger partial charge in [-0.3, -0.25) is 14.5 Å². The molecular formula is C20H25N3O3. The van der Waals surface area contributed by atoms with Crippen molar-refractivity contribution in [1.82, 2.24) is 9.80 Å². The molecule has 1 aliphatic heterocycles. The highest BCUT2D eigenvalue weighted by molar-refractivity contribution is 5.93. The van der Waals surface area contributed by atoms with Crippen LogP contribution in [-0.2, 0) is 11.2 Å². The van der Waals surface area contributed by atoms with E-state index in [1.165, 1.54) is 0 Å². The molecule has 0 atom stereocenters. The summed E-state index contributed by atoms with van der Waals surface area (Å²) in [4.78, 5) is 28.6. The first-order valence-electron chi connectivity index (χ1n) is 9.02. The van der Waals surface area contributed by atoms with Gasteiger partial charge in [0.25, 0.3) is 5.91 Å². The zero-order valence-electron chi connectivity index (χ0n) is 15.3. The molecule has 0 radical (unpaired) electrons. The average molecular weight is 355 g/mol. The van der Waals surface area contributed by atoms with Crippen molar-refractivity contribution in [1.29, 1.82) is 0 Å². The molecule has 2 aromatic rings. The van der Waals surface area contributed by atoms with Gasteiger partial charge in [-0.25, -0.2) is 0 Å². The number of nitrogens with one attached hydrogen (secondary N) is 1. The van der Waals surface area contributed by atoms with Gasteiger partial charge in [0.15, 0.2) is 5.76 Å². The summed E-state index contributed by atoms with van der Waals surface area (Å²) in [5.74, 6) is 1.01. The molecule has 0 aliphatic carbocycles. The Morgan fingerprint density at radius 2 is 1.81 bits per heavy atom. The summed E-state index contributed by atoms with van der Waals surface area (Å²) in [5.41, 5.74) is 2.01. The number of piperazine rings is 1. The van der Waals surface area contributed by atoms with E-state index in [1.54, 1.807) is 17.0 Å². The van der Waals surface area contributed by atoms with Crippen molar-refractivity contribution in [3.05, 3.63) is 53.5 Å². The fraction of sp³-hybridized carbons (Fsp3) is 0.400. The number of para-hydroxylation sites is 1. The predicted molar refractivity (Wildman–Crippen MR) is 100 cm³/mol. The van der Waals surface area contributed by atoms with Gasteiger partial charge in [-0.05, 0) is 37.1 Å². The van der Waals surface area contributed by atoms with Crippen molar-refractivity contribution in [2.24, 2.45) is 0 Å². The van der Waals surface area contributed by atoms with Gasteiger partial charge in [0.2, 0.25) is 5.91 Å². The van der Waals surface area contributed by atoms with E-state index >= 15 is 0 Å². The largest absolute Gasteiger partial charge is 0.456 e. The minimum Gasteiger partial charge on any atom is -0.456 e. The van der Waals surface area contributed by atoms with Crippen LogP contribution in [0.25, 0.3) is 0 Å². The van der Waals surface area contributed by atoms with Crippen LogP contribution in [0.3, 0.4) is 0 Å². The van der Waals surface area contributed by atoms with Crippen molar-refractivity contribution in [2.75, 3.05) is 38.0 Å². The monoisotopic (exact) mass is 355 g/mol. The highest BCUT2D eigenvalue weighted by Gasteiger charge is 2.25. The first-order chi connectivity index (χ1) is 12.6. The second kappa shape index (κ2) is 8.19. The first kappa shape index (κ1) is 18.2. The molecule has 1 saturated heterocycles. The van der Waals surface area contributed by atoms with Crippen LogP contribution in [0, 0.1) is 6.92 Å². The van der Waals surface area contributed by atoms with Gasteiger partial charge in [0, 0.05) is 31.9 Å². The lowest BCUT2D eigenvalue weighted by Gasteiger charge is -2.33. The molecule has 26 heavy (non-hydrogen) atoms. The molecule has 1 fully saturated rings. The third kappa shape index (κ3) is 4.32. The van der Waals surface area contributed by atoms with Gasteiger partial charge in [-0.1, -0.05) is 25.1 Å². The Bertz CT molecular complexity index is 776. The van der Waals surface area contributed by atoms with Gasteiger partial charge in [-0.15, -0.1) is 0 Å². The van der Waals surface area contributed by atoms with E-state index in [9.17, 15) is 9.59 Å². The van der Waals surface area contributed by atoms with E-state index < -0.39 is 0 Å². The minimum absolute atomic E-state index is 0.0210. The third-order valence-corrected chi connectivity index (χ3v) is 4.65. The van der Waals surface area contributed by atoms with Crippen LogP contribution in [0.1, 0.15) is 28.8 Å². The maximum atomic E-state index is 12.4. The number of anilines is 1. The number of carbonyl (C=O) groups is 2. The summed E-state index contributed by atoms with van der Waals surface area (Å²) < 4.78 is 5.41. The summed E-state index contributed by atoms with van der Waals surface area (Å²) in [7, 11) is 0. The van der Waals surface area contributed by atoms with Crippen LogP contribution in [0.5, 0.6) is 0 Å². The lowest BCUT2D eigenvalue weighted by molar-refractivity contribution is -0.117. The van der Waals surface area contributed by atoms with Crippen LogP contribution in [0.4, 0.5) is 5.69 Å². The summed E-state index contributed by atoms with van der Waals surface area (Å²) in [5, 5.41) is 3.00. The molecule has 6 nitrogen and oxygen atoms in total. The smallest absolute Gasteiger partial charge is 0.289 e. The zero-order chi connectivity index (χ0) is 18.5. The van der Waals surface area contributed by atoms with Gasteiger partial charge in [-0.2, -0.15) is 0 Å².